The van der Waals surface area contributed by atoms with Crippen molar-refractivity contribution < 1.29 is 19.4 Å². The second kappa shape index (κ2) is 5.72. The Bertz CT molecular complexity index is 355. The molecule has 0 bridgehead atoms. The van der Waals surface area contributed by atoms with Crippen molar-refractivity contribution in [2.24, 2.45) is 0 Å². The van der Waals surface area contributed by atoms with Crippen molar-refractivity contribution in [2.45, 2.75) is 0 Å². The Kier molecular flexibility index (Phi) is 4.58. The first-order valence-corrected chi connectivity index (χ1v) is 5.51. The van der Waals surface area contributed by atoms with Gasteiger partial charge in [0.2, 0.25) is 0 Å². The molecule has 0 amide bonds. The van der Waals surface area contributed by atoms with E-state index in [4.69, 9.17) is 5.11 Å². The number of phenolic OH excluding ortho intramolecular Hbond substituents is 1. The Morgan fingerprint density at radius 1 is 1.47 bits per heavy atom. The molecule has 0 aliphatic carbocycles. The smallest absolute Gasteiger partial charge is 0.176 e. The fraction of sp³-hybridized carbons (Fsp3) is 0.300. The number of aliphatic hydroxyl groups excluding tert-OH is 1. The number of carbonyl (C=O) groups is 1. The summed E-state index contributed by atoms with van der Waals surface area (Å²) in [6.45, 7) is -0.00687. The van der Waals surface area contributed by atoms with E-state index in [-0.39, 0.29) is 29.5 Å². The summed E-state index contributed by atoms with van der Waals surface area (Å²) in [5.74, 6) is -0.542. The third kappa shape index (κ3) is 3.53. The van der Waals surface area contributed by atoms with Gasteiger partial charge in [-0.3, -0.25) is 4.79 Å². The third-order valence-corrected chi connectivity index (χ3v) is 2.67. The highest BCUT2D eigenvalue weighted by atomic mass is 32.2. The molecule has 0 unspecified atom stereocenters. The molecule has 1 aromatic carbocycles. The summed E-state index contributed by atoms with van der Waals surface area (Å²) in [7, 11) is 0. The molecular weight excluding hydrogens is 219 g/mol. The minimum atomic E-state index is -0.552. The number of aromatic hydroxyl groups is 1. The van der Waals surface area contributed by atoms with Crippen molar-refractivity contribution in [3.8, 4) is 5.75 Å². The molecule has 0 spiro atoms. The number of thioether (sulfide) groups is 1. The lowest BCUT2D eigenvalue weighted by Gasteiger charge is -2.03. The normalized spacial score (nSPS) is 10.3. The number of aliphatic hydroxyl groups is 1. The van der Waals surface area contributed by atoms with Crippen molar-refractivity contribution in [1.29, 1.82) is 0 Å². The largest absolute Gasteiger partial charge is 0.507 e. The zero-order valence-electron chi connectivity index (χ0n) is 7.94. The number of hydrogen-bond acceptors (Lipinski definition) is 4. The number of benzene rings is 1. The van der Waals surface area contributed by atoms with E-state index in [0.29, 0.717) is 5.75 Å². The maximum atomic E-state index is 12.8. The van der Waals surface area contributed by atoms with Gasteiger partial charge in [-0.25, -0.2) is 4.39 Å². The van der Waals surface area contributed by atoms with Gasteiger partial charge in [-0.05, 0) is 18.2 Å². The lowest BCUT2D eigenvalue weighted by atomic mass is 10.1. The Labute approximate surface area is 90.9 Å². The Balaban J connectivity index is 2.68. The number of carbonyl (C=O) groups excluding carboxylic acids is 1. The van der Waals surface area contributed by atoms with Crippen LogP contribution in [0.15, 0.2) is 18.2 Å². The molecule has 0 atom stereocenters. The molecule has 0 radical (unpaired) electrons. The quantitative estimate of drug-likeness (QED) is 0.593. The Morgan fingerprint density at radius 3 is 2.87 bits per heavy atom. The van der Waals surface area contributed by atoms with Crippen LogP contribution in [0.4, 0.5) is 4.39 Å². The van der Waals surface area contributed by atoms with E-state index in [9.17, 15) is 14.3 Å². The predicted molar refractivity (Wildman–Crippen MR) is 56.8 cm³/mol. The van der Waals surface area contributed by atoms with E-state index in [1.807, 2.05) is 0 Å². The SMILES string of the molecule is O=C(CSCCO)c1cc(F)ccc1O. The monoisotopic (exact) mass is 230 g/mol. The van der Waals surface area contributed by atoms with Crippen molar-refractivity contribution in [3.05, 3.63) is 29.6 Å². The van der Waals surface area contributed by atoms with Crippen LogP contribution in [-0.2, 0) is 0 Å². The van der Waals surface area contributed by atoms with Crippen LogP contribution >= 0.6 is 11.8 Å². The molecule has 0 aromatic heterocycles. The van der Waals surface area contributed by atoms with Crippen LogP contribution in [0.1, 0.15) is 10.4 Å². The molecular formula is C10H11FO3S. The molecule has 2 N–H and O–H groups in total. The molecule has 1 rings (SSSR count). The van der Waals surface area contributed by atoms with E-state index >= 15 is 0 Å². The first-order valence-electron chi connectivity index (χ1n) is 4.35. The minimum Gasteiger partial charge on any atom is -0.507 e. The molecule has 0 fully saturated rings. The highest BCUT2D eigenvalue weighted by Gasteiger charge is 2.11. The zero-order valence-corrected chi connectivity index (χ0v) is 8.76. The molecule has 0 heterocycles. The van der Waals surface area contributed by atoms with E-state index in [1.54, 1.807) is 0 Å². The van der Waals surface area contributed by atoms with Crippen LogP contribution in [0.3, 0.4) is 0 Å². The maximum absolute atomic E-state index is 12.8. The number of hydrogen-bond donors (Lipinski definition) is 2. The molecule has 1 aromatic rings. The zero-order chi connectivity index (χ0) is 11.3. The van der Waals surface area contributed by atoms with Gasteiger partial charge < -0.3 is 10.2 Å². The summed E-state index contributed by atoms with van der Waals surface area (Å²) in [6, 6.07) is 3.25. The average Bonchev–Trinajstić information content (AvgIpc) is 2.22. The molecule has 5 heteroatoms. The van der Waals surface area contributed by atoms with Gasteiger partial charge in [0.05, 0.1) is 17.9 Å². The molecule has 0 aliphatic heterocycles. The first-order chi connectivity index (χ1) is 7.15. The summed E-state index contributed by atoms with van der Waals surface area (Å²) in [5.41, 5.74) is -0.0135. The van der Waals surface area contributed by atoms with Gasteiger partial charge in [0.15, 0.2) is 5.78 Å². The summed E-state index contributed by atoms with van der Waals surface area (Å²) in [5, 5.41) is 17.8. The second-order valence-electron chi connectivity index (χ2n) is 2.86. The first kappa shape index (κ1) is 12.0. The van der Waals surface area contributed by atoms with E-state index in [1.165, 1.54) is 11.8 Å². The van der Waals surface area contributed by atoms with E-state index < -0.39 is 5.82 Å². The molecule has 3 nitrogen and oxygen atoms in total. The van der Waals surface area contributed by atoms with Gasteiger partial charge in [0.25, 0.3) is 0 Å². The van der Waals surface area contributed by atoms with Gasteiger partial charge in [-0.1, -0.05) is 0 Å². The van der Waals surface area contributed by atoms with Crippen LogP contribution in [0.25, 0.3) is 0 Å². The maximum Gasteiger partial charge on any atom is 0.176 e. The van der Waals surface area contributed by atoms with Gasteiger partial charge in [-0.2, -0.15) is 11.8 Å². The average molecular weight is 230 g/mol. The van der Waals surface area contributed by atoms with Crippen molar-refractivity contribution in [1.82, 2.24) is 0 Å². The molecule has 82 valence electrons. The van der Waals surface area contributed by atoms with Gasteiger partial charge in [-0.15, -0.1) is 0 Å². The number of Topliss-reactive ketones (excluding diaryl/α,β-unsaturated/α-hetero) is 1. The van der Waals surface area contributed by atoms with E-state index in [0.717, 1.165) is 18.2 Å². The van der Waals surface area contributed by atoms with Crippen molar-refractivity contribution >= 4 is 17.5 Å². The predicted octanol–water partition coefficient (Wildman–Crippen LogP) is 1.44. The number of halogens is 1. The summed E-state index contributed by atoms with van der Waals surface area (Å²) in [4.78, 5) is 11.5. The standard InChI is InChI=1S/C10H11FO3S/c11-7-1-2-9(13)8(5-7)10(14)6-15-4-3-12/h1-2,5,12-13H,3-4,6H2. The third-order valence-electron chi connectivity index (χ3n) is 1.73. The lowest BCUT2D eigenvalue weighted by molar-refractivity contribution is 0.101. The van der Waals surface area contributed by atoms with Crippen LogP contribution < -0.4 is 0 Å². The van der Waals surface area contributed by atoms with Crippen molar-refractivity contribution in [3.63, 3.8) is 0 Å². The van der Waals surface area contributed by atoms with Crippen LogP contribution in [0.2, 0.25) is 0 Å². The molecule has 15 heavy (non-hydrogen) atoms. The fourth-order valence-electron chi connectivity index (χ4n) is 1.04. The fourth-order valence-corrected chi connectivity index (χ4v) is 1.65. The number of rotatable bonds is 5. The number of phenols is 1. The van der Waals surface area contributed by atoms with Crippen LogP contribution in [-0.4, -0.2) is 34.1 Å². The highest BCUT2D eigenvalue weighted by molar-refractivity contribution is 8.00. The van der Waals surface area contributed by atoms with Crippen molar-refractivity contribution in [2.75, 3.05) is 18.1 Å². The second-order valence-corrected chi connectivity index (χ2v) is 3.97. The topological polar surface area (TPSA) is 57.5 Å². The molecule has 0 aliphatic rings. The summed E-state index contributed by atoms with van der Waals surface area (Å²) in [6.07, 6.45) is 0. The molecule has 0 saturated heterocycles. The van der Waals surface area contributed by atoms with Gasteiger partial charge in [0.1, 0.15) is 11.6 Å². The summed E-state index contributed by atoms with van der Waals surface area (Å²) < 4.78 is 12.8. The van der Waals surface area contributed by atoms with Crippen LogP contribution in [0, 0.1) is 5.82 Å². The minimum absolute atomic E-state index is 0.00687. The summed E-state index contributed by atoms with van der Waals surface area (Å²) >= 11 is 1.24. The lowest BCUT2D eigenvalue weighted by Crippen LogP contribution is -2.04. The number of ketones is 1. The highest BCUT2D eigenvalue weighted by Crippen LogP contribution is 2.19. The van der Waals surface area contributed by atoms with Gasteiger partial charge >= 0.3 is 0 Å². The Hall–Kier alpha value is -1.07. The van der Waals surface area contributed by atoms with Gasteiger partial charge in [0, 0.05) is 5.75 Å². The molecule has 0 saturated carbocycles. The Morgan fingerprint density at radius 2 is 2.20 bits per heavy atom. The van der Waals surface area contributed by atoms with Crippen LogP contribution in [0.5, 0.6) is 5.75 Å². The van der Waals surface area contributed by atoms with E-state index in [2.05, 4.69) is 0 Å².